The summed E-state index contributed by atoms with van der Waals surface area (Å²) in [4.78, 5) is 12.2. The number of hydrogen-bond acceptors (Lipinski definition) is 1. The highest BCUT2D eigenvalue weighted by atomic mass is 79.9. The highest BCUT2D eigenvalue weighted by Gasteiger charge is 2.18. The van der Waals surface area contributed by atoms with E-state index in [1.165, 1.54) is 32.1 Å². The molecule has 0 aromatic heterocycles. The van der Waals surface area contributed by atoms with Gasteiger partial charge < -0.3 is 5.32 Å². The fourth-order valence-corrected chi connectivity index (χ4v) is 2.92. The van der Waals surface area contributed by atoms with Crippen molar-refractivity contribution in [3.05, 3.63) is 34.3 Å². The van der Waals surface area contributed by atoms with E-state index in [4.69, 9.17) is 0 Å². The van der Waals surface area contributed by atoms with Gasteiger partial charge in [-0.2, -0.15) is 0 Å². The second-order valence-corrected chi connectivity index (χ2v) is 6.30. The van der Waals surface area contributed by atoms with Gasteiger partial charge in [0.15, 0.2) is 0 Å². The van der Waals surface area contributed by atoms with Crippen molar-refractivity contribution >= 4 is 21.8 Å². The number of benzene rings is 1. The molecule has 1 aromatic rings. The van der Waals surface area contributed by atoms with E-state index in [-0.39, 0.29) is 11.8 Å². The smallest absolute Gasteiger partial charge is 0.223 e. The summed E-state index contributed by atoms with van der Waals surface area (Å²) in [6.45, 7) is 0.641. The number of nitrogens with one attached hydrogen (secondary N) is 1. The molecular weight excluding hydrogens is 302 g/mol. The lowest BCUT2D eigenvalue weighted by molar-refractivity contribution is -0.125. The van der Waals surface area contributed by atoms with E-state index in [1.807, 2.05) is 24.3 Å². The summed E-state index contributed by atoms with van der Waals surface area (Å²) < 4.78 is 1.07. The first-order valence-corrected chi connectivity index (χ1v) is 8.07. The Bertz CT molecular complexity index is 394. The molecule has 1 amide bonds. The lowest BCUT2D eigenvalue weighted by Gasteiger charge is -2.19. The fraction of sp³-hybridized carbons (Fsp3) is 0.562. The maximum atomic E-state index is 12.2. The van der Waals surface area contributed by atoms with Crippen LogP contribution in [0.4, 0.5) is 0 Å². The van der Waals surface area contributed by atoms with E-state index in [9.17, 15) is 4.79 Å². The van der Waals surface area contributed by atoms with Gasteiger partial charge in [0, 0.05) is 16.9 Å². The van der Waals surface area contributed by atoms with Gasteiger partial charge in [-0.15, -0.1) is 0 Å². The van der Waals surface area contributed by atoms with Crippen molar-refractivity contribution < 1.29 is 4.79 Å². The second kappa shape index (κ2) is 7.68. The normalized spacial score (nSPS) is 17.5. The average Bonchev–Trinajstić information content (AvgIpc) is 2.37. The van der Waals surface area contributed by atoms with Gasteiger partial charge in [-0.05, 0) is 30.5 Å². The standard InChI is InChI=1S/C16H22BrNO/c17-15-10-8-13(9-11-15)12-18-16(19)14-6-4-2-1-3-5-7-14/h8-11,14H,1-7,12H2,(H,18,19). The summed E-state index contributed by atoms with van der Waals surface area (Å²) in [7, 11) is 0. The van der Waals surface area contributed by atoms with Crippen LogP contribution in [0.1, 0.15) is 50.5 Å². The number of halogens is 1. The lowest BCUT2D eigenvalue weighted by atomic mass is 9.90. The Kier molecular flexibility index (Phi) is 5.90. The zero-order chi connectivity index (χ0) is 13.5. The number of rotatable bonds is 3. The monoisotopic (exact) mass is 323 g/mol. The Morgan fingerprint density at radius 1 is 1.05 bits per heavy atom. The molecule has 0 saturated heterocycles. The van der Waals surface area contributed by atoms with Gasteiger partial charge in [-0.1, -0.05) is 60.2 Å². The van der Waals surface area contributed by atoms with Crippen molar-refractivity contribution in [1.82, 2.24) is 5.32 Å². The first kappa shape index (κ1) is 14.6. The number of amides is 1. The van der Waals surface area contributed by atoms with E-state index >= 15 is 0 Å². The SMILES string of the molecule is O=C(NCc1ccc(Br)cc1)C1CCCCCCC1. The molecule has 0 aliphatic heterocycles. The van der Waals surface area contributed by atoms with Gasteiger partial charge in [0.25, 0.3) is 0 Å². The minimum absolute atomic E-state index is 0.232. The highest BCUT2D eigenvalue weighted by molar-refractivity contribution is 9.10. The molecule has 1 N–H and O–H groups in total. The van der Waals surface area contributed by atoms with Crippen molar-refractivity contribution in [2.24, 2.45) is 5.92 Å². The van der Waals surface area contributed by atoms with Gasteiger partial charge in [0.2, 0.25) is 5.91 Å². The van der Waals surface area contributed by atoms with Crippen LogP contribution in [0.5, 0.6) is 0 Å². The molecule has 1 saturated carbocycles. The maximum Gasteiger partial charge on any atom is 0.223 e. The average molecular weight is 324 g/mol. The Labute approximate surface area is 124 Å². The molecule has 104 valence electrons. The van der Waals surface area contributed by atoms with Gasteiger partial charge in [-0.25, -0.2) is 0 Å². The molecule has 19 heavy (non-hydrogen) atoms. The molecule has 1 aliphatic carbocycles. The Morgan fingerprint density at radius 3 is 2.26 bits per heavy atom. The van der Waals surface area contributed by atoms with Crippen molar-refractivity contribution in [3.63, 3.8) is 0 Å². The predicted molar refractivity (Wildman–Crippen MR) is 81.8 cm³/mol. The van der Waals surface area contributed by atoms with Crippen LogP contribution in [0.15, 0.2) is 28.7 Å². The van der Waals surface area contributed by atoms with E-state index in [2.05, 4.69) is 21.2 Å². The largest absolute Gasteiger partial charge is 0.352 e. The summed E-state index contributed by atoms with van der Waals surface area (Å²) in [6.07, 6.45) is 8.45. The van der Waals surface area contributed by atoms with E-state index in [0.717, 1.165) is 22.9 Å². The molecule has 2 nitrogen and oxygen atoms in total. The van der Waals surface area contributed by atoms with E-state index < -0.39 is 0 Å². The third-order valence-electron chi connectivity index (χ3n) is 3.86. The van der Waals surface area contributed by atoms with Crippen molar-refractivity contribution in [1.29, 1.82) is 0 Å². The topological polar surface area (TPSA) is 29.1 Å². The van der Waals surface area contributed by atoms with Gasteiger partial charge in [-0.3, -0.25) is 4.79 Å². The van der Waals surface area contributed by atoms with Crippen molar-refractivity contribution in [2.75, 3.05) is 0 Å². The summed E-state index contributed by atoms with van der Waals surface area (Å²) in [5, 5.41) is 3.08. The molecule has 1 aromatic carbocycles. The quantitative estimate of drug-likeness (QED) is 0.876. The van der Waals surface area contributed by atoms with Gasteiger partial charge >= 0.3 is 0 Å². The van der Waals surface area contributed by atoms with Crippen LogP contribution in [-0.4, -0.2) is 5.91 Å². The van der Waals surface area contributed by atoms with E-state index in [0.29, 0.717) is 6.54 Å². The minimum atomic E-state index is 0.232. The number of hydrogen-bond donors (Lipinski definition) is 1. The molecular formula is C16H22BrNO. The minimum Gasteiger partial charge on any atom is -0.352 e. The summed E-state index contributed by atoms with van der Waals surface area (Å²) >= 11 is 3.42. The second-order valence-electron chi connectivity index (χ2n) is 5.39. The van der Waals surface area contributed by atoms with E-state index in [1.54, 1.807) is 0 Å². The van der Waals surface area contributed by atoms with Crippen molar-refractivity contribution in [2.45, 2.75) is 51.5 Å². The van der Waals surface area contributed by atoms with Crippen LogP contribution in [0.25, 0.3) is 0 Å². The summed E-state index contributed by atoms with van der Waals surface area (Å²) in [5.41, 5.74) is 1.15. The Hall–Kier alpha value is -0.830. The third-order valence-corrected chi connectivity index (χ3v) is 4.38. The van der Waals surface area contributed by atoms with Crippen LogP contribution < -0.4 is 5.32 Å². The number of carbonyl (C=O) groups is 1. The summed E-state index contributed by atoms with van der Waals surface area (Å²) in [5.74, 6) is 0.473. The molecule has 3 heteroatoms. The van der Waals surface area contributed by atoms with Crippen LogP contribution in [0, 0.1) is 5.92 Å². The molecule has 0 unspecified atom stereocenters. The zero-order valence-electron chi connectivity index (χ0n) is 11.3. The number of carbonyl (C=O) groups excluding carboxylic acids is 1. The molecule has 0 bridgehead atoms. The first-order valence-electron chi connectivity index (χ1n) is 7.28. The zero-order valence-corrected chi connectivity index (χ0v) is 12.9. The first-order chi connectivity index (χ1) is 9.25. The Morgan fingerprint density at radius 2 is 1.63 bits per heavy atom. The van der Waals surface area contributed by atoms with Crippen LogP contribution in [-0.2, 0) is 11.3 Å². The summed E-state index contributed by atoms with van der Waals surface area (Å²) in [6, 6.07) is 8.11. The third kappa shape index (κ3) is 4.98. The van der Waals surface area contributed by atoms with Crippen LogP contribution in [0.2, 0.25) is 0 Å². The molecule has 0 heterocycles. The molecule has 0 atom stereocenters. The van der Waals surface area contributed by atoms with Gasteiger partial charge in [0.05, 0.1) is 0 Å². The van der Waals surface area contributed by atoms with Crippen LogP contribution >= 0.6 is 15.9 Å². The van der Waals surface area contributed by atoms with Crippen molar-refractivity contribution in [3.8, 4) is 0 Å². The molecule has 1 fully saturated rings. The highest BCUT2D eigenvalue weighted by Crippen LogP contribution is 2.22. The molecule has 0 radical (unpaired) electrons. The molecule has 1 aliphatic rings. The molecule has 0 spiro atoms. The Balaban J connectivity index is 1.80. The van der Waals surface area contributed by atoms with Crippen LogP contribution in [0.3, 0.4) is 0 Å². The van der Waals surface area contributed by atoms with Gasteiger partial charge in [0.1, 0.15) is 0 Å². The molecule has 2 rings (SSSR count). The maximum absolute atomic E-state index is 12.2. The predicted octanol–water partition coefficient (Wildman–Crippen LogP) is 4.43. The lowest BCUT2D eigenvalue weighted by Crippen LogP contribution is -2.30. The fourth-order valence-electron chi connectivity index (χ4n) is 2.65.